The largest absolute Gasteiger partial charge is 0.497 e. The van der Waals surface area contributed by atoms with E-state index in [0.29, 0.717) is 37.5 Å². The molecule has 1 fully saturated rings. The third-order valence-corrected chi connectivity index (χ3v) is 6.19. The summed E-state index contributed by atoms with van der Waals surface area (Å²) in [6.45, 7) is 4.49. The Kier molecular flexibility index (Phi) is 5.84. The molecular weight excluding hydrogens is 430 g/mol. The fraction of sp³-hybridized carbons (Fsp3) is 0.259. The second-order valence-electron chi connectivity index (χ2n) is 8.35. The minimum Gasteiger partial charge on any atom is -0.497 e. The zero-order chi connectivity index (χ0) is 23.7. The number of aliphatic imine (C=N–C) groups is 1. The molecule has 3 aromatic carbocycles. The van der Waals surface area contributed by atoms with Crippen molar-refractivity contribution in [1.82, 2.24) is 9.80 Å². The van der Waals surface area contributed by atoms with Crippen LogP contribution in [-0.2, 0) is 0 Å². The smallest absolute Gasteiger partial charge is 0.257 e. The number of carbonyl (C=O) groups is 1. The van der Waals surface area contributed by atoms with Crippen molar-refractivity contribution in [3.8, 4) is 23.0 Å². The zero-order valence-electron chi connectivity index (χ0n) is 19.6. The lowest BCUT2D eigenvalue weighted by Crippen LogP contribution is -2.50. The van der Waals surface area contributed by atoms with Gasteiger partial charge in [-0.15, -0.1) is 0 Å². The van der Waals surface area contributed by atoms with Gasteiger partial charge in [-0.2, -0.15) is 0 Å². The quantitative estimate of drug-likeness (QED) is 0.573. The van der Waals surface area contributed by atoms with Crippen LogP contribution in [0.1, 0.15) is 21.5 Å². The van der Waals surface area contributed by atoms with Crippen molar-refractivity contribution in [2.45, 2.75) is 6.92 Å². The van der Waals surface area contributed by atoms with Crippen molar-refractivity contribution in [2.75, 3.05) is 40.4 Å². The monoisotopic (exact) mass is 457 g/mol. The number of hydrogen-bond acceptors (Lipinski definition) is 6. The Morgan fingerprint density at radius 3 is 2.47 bits per heavy atom. The van der Waals surface area contributed by atoms with Gasteiger partial charge >= 0.3 is 0 Å². The van der Waals surface area contributed by atoms with Crippen LogP contribution in [0, 0.1) is 6.92 Å². The molecule has 1 amide bonds. The third kappa shape index (κ3) is 4.05. The van der Waals surface area contributed by atoms with Gasteiger partial charge < -0.3 is 24.0 Å². The zero-order valence-corrected chi connectivity index (χ0v) is 19.6. The fourth-order valence-electron chi connectivity index (χ4n) is 4.34. The lowest BCUT2D eigenvalue weighted by atomic mass is 10.1. The molecule has 7 heteroatoms. The number of amides is 1. The maximum atomic E-state index is 13.2. The first-order chi connectivity index (χ1) is 16.6. The topological polar surface area (TPSA) is 63.6 Å². The minimum absolute atomic E-state index is 0.0221. The number of methoxy groups -OCH3 is 2. The molecule has 0 radical (unpaired) electrons. The molecule has 1 saturated heterocycles. The number of para-hydroxylation sites is 1. The third-order valence-electron chi connectivity index (χ3n) is 6.19. The van der Waals surface area contributed by atoms with Crippen LogP contribution in [0.4, 0.5) is 5.69 Å². The molecule has 34 heavy (non-hydrogen) atoms. The molecule has 2 aliphatic heterocycles. The van der Waals surface area contributed by atoms with E-state index < -0.39 is 0 Å². The molecule has 0 aliphatic carbocycles. The summed E-state index contributed by atoms with van der Waals surface area (Å²) >= 11 is 0. The standard InChI is InChI=1S/C27H27N3O4/c1-18-8-10-22-25(16-18)34-24-11-9-19(32-2)17-21(24)26(28-22)29-12-14-30(15-13-29)27(31)20-6-4-5-7-23(20)33-3/h4-11,16-17H,12-15H2,1-3H3. The molecule has 0 unspecified atom stereocenters. The van der Waals surface area contributed by atoms with E-state index in [2.05, 4.69) is 4.90 Å². The van der Waals surface area contributed by atoms with Gasteiger partial charge in [-0.05, 0) is 55.0 Å². The van der Waals surface area contributed by atoms with Crippen molar-refractivity contribution in [2.24, 2.45) is 4.99 Å². The summed E-state index contributed by atoms with van der Waals surface area (Å²) in [6, 6.07) is 19.1. The van der Waals surface area contributed by atoms with Gasteiger partial charge in [-0.1, -0.05) is 18.2 Å². The summed E-state index contributed by atoms with van der Waals surface area (Å²) in [5.74, 6) is 3.59. The number of carbonyl (C=O) groups excluding carboxylic acids is 1. The van der Waals surface area contributed by atoms with Gasteiger partial charge in [0.2, 0.25) is 0 Å². The normalized spacial score (nSPS) is 14.9. The Bertz CT molecular complexity index is 1260. The van der Waals surface area contributed by atoms with Crippen molar-refractivity contribution < 1.29 is 19.0 Å². The number of aryl methyl sites for hydroxylation is 1. The average Bonchev–Trinajstić information content (AvgIpc) is 3.04. The minimum atomic E-state index is -0.0221. The maximum Gasteiger partial charge on any atom is 0.257 e. The van der Waals surface area contributed by atoms with E-state index in [1.54, 1.807) is 14.2 Å². The highest BCUT2D eigenvalue weighted by Gasteiger charge is 2.29. The van der Waals surface area contributed by atoms with E-state index >= 15 is 0 Å². The molecule has 2 aliphatic rings. The molecule has 5 rings (SSSR count). The van der Waals surface area contributed by atoms with Crippen molar-refractivity contribution in [3.05, 3.63) is 77.4 Å². The second kappa shape index (κ2) is 9.09. The summed E-state index contributed by atoms with van der Waals surface area (Å²) in [6.07, 6.45) is 0. The van der Waals surface area contributed by atoms with Gasteiger partial charge in [-0.25, -0.2) is 4.99 Å². The summed E-state index contributed by atoms with van der Waals surface area (Å²) < 4.78 is 17.1. The number of benzene rings is 3. The number of nitrogens with zero attached hydrogens (tertiary/aromatic N) is 3. The molecule has 0 atom stereocenters. The van der Waals surface area contributed by atoms with Crippen LogP contribution in [0.15, 0.2) is 65.7 Å². The van der Waals surface area contributed by atoms with E-state index in [4.69, 9.17) is 19.2 Å². The molecule has 2 heterocycles. The number of amidine groups is 1. The molecule has 0 aromatic heterocycles. The number of fused-ring (bicyclic) bond motifs is 2. The molecule has 0 spiro atoms. The van der Waals surface area contributed by atoms with Gasteiger partial charge in [0.05, 0.1) is 25.3 Å². The summed E-state index contributed by atoms with van der Waals surface area (Å²) in [4.78, 5) is 22.2. The first kappa shape index (κ1) is 21.8. The van der Waals surface area contributed by atoms with Crippen LogP contribution in [-0.4, -0.2) is 61.9 Å². The van der Waals surface area contributed by atoms with Crippen LogP contribution in [0.2, 0.25) is 0 Å². The van der Waals surface area contributed by atoms with Gasteiger partial charge in [0, 0.05) is 26.2 Å². The van der Waals surface area contributed by atoms with Gasteiger partial charge in [0.25, 0.3) is 5.91 Å². The first-order valence-electron chi connectivity index (χ1n) is 11.3. The van der Waals surface area contributed by atoms with E-state index in [9.17, 15) is 4.79 Å². The van der Waals surface area contributed by atoms with Crippen LogP contribution >= 0.6 is 0 Å². The summed E-state index contributed by atoms with van der Waals surface area (Å²) in [7, 11) is 3.23. The highest BCUT2D eigenvalue weighted by molar-refractivity contribution is 6.04. The van der Waals surface area contributed by atoms with Crippen LogP contribution in [0.3, 0.4) is 0 Å². The highest BCUT2D eigenvalue weighted by atomic mass is 16.5. The van der Waals surface area contributed by atoms with Crippen LogP contribution in [0.25, 0.3) is 0 Å². The fourth-order valence-corrected chi connectivity index (χ4v) is 4.34. The molecule has 0 bridgehead atoms. The number of ether oxygens (including phenoxy) is 3. The van der Waals surface area contributed by atoms with Gasteiger partial charge in [-0.3, -0.25) is 4.79 Å². The molecule has 174 valence electrons. The van der Waals surface area contributed by atoms with Crippen molar-refractivity contribution in [1.29, 1.82) is 0 Å². The van der Waals surface area contributed by atoms with Crippen LogP contribution < -0.4 is 14.2 Å². The molecular formula is C27H27N3O4. The number of hydrogen-bond donors (Lipinski definition) is 0. The Hall–Kier alpha value is -4.00. The second-order valence-corrected chi connectivity index (χ2v) is 8.35. The SMILES string of the molecule is COc1ccc2c(c1)C(N1CCN(C(=O)c3ccccc3OC)CC1)=Nc1ccc(C)cc1O2. The van der Waals surface area contributed by atoms with E-state index in [1.807, 2.05) is 72.5 Å². The number of rotatable bonds is 3. The predicted molar refractivity (Wildman–Crippen MR) is 131 cm³/mol. The summed E-state index contributed by atoms with van der Waals surface area (Å²) in [5, 5.41) is 0. The lowest BCUT2D eigenvalue weighted by molar-refractivity contribution is 0.0689. The number of piperazine rings is 1. The predicted octanol–water partition coefficient (Wildman–Crippen LogP) is 4.65. The Labute approximate surface area is 199 Å². The Morgan fingerprint density at radius 1 is 0.912 bits per heavy atom. The van der Waals surface area contributed by atoms with Gasteiger partial charge in [0.15, 0.2) is 5.75 Å². The Morgan fingerprint density at radius 2 is 1.71 bits per heavy atom. The maximum absolute atomic E-state index is 13.2. The van der Waals surface area contributed by atoms with Crippen LogP contribution in [0.5, 0.6) is 23.0 Å². The van der Waals surface area contributed by atoms with Crippen molar-refractivity contribution >= 4 is 17.4 Å². The lowest BCUT2D eigenvalue weighted by Gasteiger charge is -2.36. The Balaban J connectivity index is 1.44. The molecule has 3 aromatic rings. The summed E-state index contributed by atoms with van der Waals surface area (Å²) in [5.41, 5.74) is 3.34. The molecule has 0 N–H and O–H groups in total. The average molecular weight is 458 g/mol. The highest BCUT2D eigenvalue weighted by Crippen LogP contribution is 2.40. The van der Waals surface area contributed by atoms with E-state index in [1.165, 1.54) is 0 Å². The first-order valence-corrected chi connectivity index (χ1v) is 11.3. The molecule has 0 saturated carbocycles. The van der Waals surface area contributed by atoms with E-state index in [0.717, 1.165) is 39.9 Å². The van der Waals surface area contributed by atoms with Gasteiger partial charge in [0.1, 0.15) is 28.8 Å². The van der Waals surface area contributed by atoms with E-state index in [-0.39, 0.29) is 5.91 Å². The van der Waals surface area contributed by atoms with Crippen molar-refractivity contribution in [3.63, 3.8) is 0 Å². The molecule has 7 nitrogen and oxygen atoms in total.